The van der Waals surface area contributed by atoms with Crippen molar-refractivity contribution >= 4 is 27.6 Å². The van der Waals surface area contributed by atoms with Gasteiger partial charge < -0.3 is 4.90 Å². The fourth-order valence-electron chi connectivity index (χ4n) is 3.84. The molecule has 1 N–H and O–H groups in total. The average Bonchev–Trinajstić information content (AvgIpc) is 2.99. The Kier molecular flexibility index (Phi) is 4.93. The fraction of sp³-hybridized carbons (Fsp3) is 0.286. The summed E-state index contributed by atoms with van der Waals surface area (Å²) in [7, 11) is -3.95. The van der Waals surface area contributed by atoms with E-state index in [0.29, 0.717) is 22.3 Å². The van der Waals surface area contributed by atoms with Gasteiger partial charge in [0.2, 0.25) is 11.8 Å². The number of rotatable bonds is 4. The molecule has 1 atom stereocenters. The lowest BCUT2D eigenvalue weighted by molar-refractivity contribution is -0.136. The number of fused-ring (bicyclic) bond motifs is 1. The number of hydrogen-bond acceptors (Lipinski definition) is 5. The number of hydrogen-bond donors (Lipinski definition) is 1. The minimum atomic E-state index is -3.95. The highest BCUT2D eigenvalue weighted by atomic mass is 32.2. The Hall–Kier alpha value is -3.07. The quantitative estimate of drug-likeness (QED) is 0.747. The van der Waals surface area contributed by atoms with Gasteiger partial charge in [-0.2, -0.15) is 0 Å². The summed E-state index contributed by atoms with van der Waals surface area (Å²) in [6, 6.07) is 7.87. The highest BCUT2D eigenvalue weighted by molar-refractivity contribution is 7.90. The largest absolute Gasteiger partial charge is 0.322 e. The number of nitrogens with one attached hydrogen (secondary N) is 1. The minimum Gasteiger partial charge on any atom is -0.322 e. The van der Waals surface area contributed by atoms with E-state index < -0.39 is 33.4 Å². The number of amides is 3. The van der Waals surface area contributed by atoms with Crippen molar-refractivity contribution in [3.8, 4) is 0 Å². The van der Waals surface area contributed by atoms with Gasteiger partial charge in [-0.1, -0.05) is 18.2 Å². The molecule has 1 unspecified atom stereocenters. The summed E-state index contributed by atoms with van der Waals surface area (Å²) in [5.41, 5.74) is 1.97. The van der Waals surface area contributed by atoms with Crippen LogP contribution >= 0.6 is 0 Å². The van der Waals surface area contributed by atoms with Gasteiger partial charge in [0.25, 0.3) is 5.91 Å². The molecule has 0 spiro atoms. The van der Waals surface area contributed by atoms with Gasteiger partial charge >= 0.3 is 0 Å². The molecule has 1 saturated heterocycles. The molecule has 0 aromatic heterocycles. The fourth-order valence-corrected chi connectivity index (χ4v) is 5.34. The van der Waals surface area contributed by atoms with Gasteiger partial charge in [0.1, 0.15) is 16.8 Å². The zero-order valence-electron chi connectivity index (χ0n) is 16.1. The van der Waals surface area contributed by atoms with E-state index in [0.717, 1.165) is 6.07 Å². The van der Waals surface area contributed by atoms with Crippen LogP contribution in [0.25, 0.3) is 0 Å². The maximum absolute atomic E-state index is 14.1. The van der Waals surface area contributed by atoms with Crippen LogP contribution < -0.4 is 5.32 Å². The number of carbonyl (C=O) groups is 3. The number of imide groups is 1. The first-order valence-electron chi connectivity index (χ1n) is 9.41. The Morgan fingerprint density at radius 3 is 2.63 bits per heavy atom. The van der Waals surface area contributed by atoms with Gasteiger partial charge in [-0.25, -0.2) is 12.8 Å². The third kappa shape index (κ3) is 3.60. The Morgan fingerprint density at radius 1 is 1.13 bits per heavy atom. The van der Waals surface area contributed by atoms with E-state index in [-0.39, 0.29) is 36.1 Å². The van der Waals surface area contributed by atoms with Crippen molar-refractivity contribution in [2.75, 3.05) is 0 Å². The molecular weight excluding hydrogens is 411 g/mol. The second kappa shape index (κ2) is 7.32. The predicted octanol–water partition coefficient (Wildman–Crippen LogP) is 1.87. The summed E-state index contributed by atoms with van der Waals surface area (Å²) >= 11 is 0. The van der Waals surface area contributed by atoms with Crippen molar-refractivity contribution in [1.82, 2.24) is 10.2 Å². The second-order valence-corrected chi connectivity index (χ2v) is 9.54. The normalized spacial score (nSPS) is 19.1. The van der Waals surface area contributed by atoms with Gasteiger partial charge in [0.05, 0.1) is 5.75 Å². The number of aryl methyl sites for hydroxylation is 1. The van der Waals surface area contributed by atoms with Crippen LogP contribution in [-0.2, 0) is 31.7 Å². The third-order valence-electron chi connectivity index (χ3n) is 5.37. The molecule has 2 heterocycles. The second-order valence-electron chi connectivity index (χ2n) is 7.58. The van der Waals surface area contributed by atoms with E-state index in [1.165, 1.54) is 23.1 Å². The summed E-state index contributed by atoms with van der Waals surface area (Å²) in [5.74, 6) is -2.53. The molecule has 2 aliphatic rings. The standard InChI is InChI=1S/C21H19FN2O5S/c1-12-2-5-16(22)18(8-12)30(28,29)11-13-3-4-14-10-24(21(27)15(14)9-13)17-6-7-19(25)23-20(17)26/h2-5,8-9,17H,6-7,10-11H2,1H3,(H,23,25,26). The third-order valence-corrected chi connectivity index (χ3v) is 7.07. The van der Waals surface area contributed by atoms with Crippen molar-refractivity contribution in [2.45, 2.75) is 43.0 Å². The monoisotopic (exact) mass is 430 g/mol. The van der Waals surface area contributed by atoms with Crippen LogP contribution in [0.1, 0.15) is 39.9 Å². The molecule has 3 amide bonds. The van der Waals surface area contributed by atoms with Crippen molar-refractivity contribution in [1.29, 1.82) is 0 Å². The first kappa shape index (κ1) is 20.2. The first-order valence-corrected chi connectivity index (χ1v) is 11.1. The summed E-state index contributed by atoms with van der Waals surface area (Å²) in [6.07, 6.45) is 0.403. The summed E-state index contributed by atoms with van der Waals surface area (Å²) in [5, 5.41) is 2.24. The van der Waals surface area contributed by atoms with Gasteiger partial charge in [-0.3, -0.25) is 19.7 Å². The Labute approximate surface area is 172 Å². The van der Waals surface area contributed by atoms with Crippen LogP contribution in [0.2, 0.25) is 0 Å². The molecule has 0 bridgehead atoms. The molecule has 0 radical (unpaired) electrons. The molecule has 30 heavy (non-hydrogen) atoms. The molecule has 1 fully saturated rings. The zero-order chi connectivity index (χ0) is 21.6. The number of nitrogens with zero attached hydrogens (tertiary/aromatic N) is 1. The first-order chi connectivity index (χ1) is 14.2. The Balaban J connectivity index is 1.59. The van der Waals surface area contributed by atoms with Crippen molar-refractivity contribution in [3.63, 3.8) is 0 Å². The Bertz CT molecular complexity index is 1190. The van der Waals surface area contributed by atoms with Crippen molar-refractivity contribution < 1.29 is 27.2 Å². The van der Waals surface area contributed by atoms with Crippen LogP contribution in [0.4, 0.5) is 4.39 Å². The SMILES string of the molecule is Cc1ccc(F)c(S(=O)(=O)Cc2ccc3c(c2)C(=O)N(C2CCC(=O)NC2=O)C3)c1. The van der Waals surface area contributed by atoms with E-state index in [1.54, 1.807) is 19.1 Å². The minimum absolute atomic E-state index is 0.155. The maximum Gasteiger partial charge on any atom is 0.255 e. The van der Waals surface area contributed by atoms with Crippen LogP contribution in [0.3, 0.4) is 0 Å². The highest BCUT2D eigenvalue weighted by Gasteiger charge is 2.39. The van der Waals surface area contributed by atoms with Crippen molar-refractivity contribution in [3.05, 3.63) is 64.5 Å². The van der Waals surface area contributed by atoms with Crippen LogP contribution in [0.15, 0.2) is 41.3 Å². The smallest absolute Gasteiger partial charge is 0.255 e. The lowest BCUT2D eigenvalue weighted by atomic mass is 10.0. The Morgan fingerprint density at radius 2 is 1.90 bits per heavy atom. The molecule has 156 valence electrons. The number of piperidine rings is 1. The van der Waals surface area contributed by atoms with Gasteiger partial charge in [-0.15, -0.1) is 0 Å². The number of halogens is 1. The van der Waals surface area contributed by atoms with Gasteiger partial charge in [0.15, 0.2) is 9.84 Å². The molecule has 7 nitrogen and oxygen atoms in total. The molecule has 9 heteroatoms. The molecule has 2 aliphatic heterocycles. The number of carbonyl (C=O) groups excluding carboxylic acids is 3. The molecule has 4 rings (SSSR count). The molecular formula is C21H19FN2O5S. The summed E-state index contributed by atoms with van der Waals surface area (Å²) in [4.78, 5) is 37.4. The van der Waals surface area contributed by atoms with E-state index in [9.17, 15) is 27.2 Å². The maximum atomic E-state index is 14.1. The van der Waals surface area contributed by atoms with E-state index in [2.05, 4.69) is 5.32 Å². The van der Waals surface area contributed by atoms with Gasteiger partial charge in [0, 0.05) is 18.5 Å². The zero-order valence-corrected chi connectivity index (χ0v) is 17.0. The summed E-state index contributed by atoms with van der Waals surface area (Å²) < 4.78 is 39.5. The molecule has 2 aromatic carbocycles. The lowest BCUT2D eigenvalue weighted by Gasteiger charge is -2.29. The van der Waals surface area contributed by atoms with Crippen molar-refractivity contribution in [2.24, 2.45) is 0 Å². The van der Waals surface area contributed by atoms with Crippen LogP contribution in [0.5, 0.6) is 0 Å². The number of benzene rings is 2. The topological polar surface area (TPSA) is 101 Å². The number of sulfone groups is 1. The molecule has 0 aliphatic carbocycles. The van der Waals surface area contributed by atoms with E-state index in [1.807, 2.05) is 0 Å². The summed E-state index contributed by atoms with van der Waals surface area (Å²) in [6.45, 7) is 1.88. The van der Waals surface area contributed by atoms with Crippen LogP contribution in [-0.4, -0.2) is 37.1 Å². The predicted molar refractivity (Wildman–Crippen MR) is 105 cm³/mol. The van der Waals surface area contributed by atoms with E-state index >= 15 is 0 Å². The van der Waals surface area contributed by atoms with Crippen LogP contribution in [0, 0.1) is 12.7 Å². The highest BCUT2D eigenvalue weighted by Crippen LogP contribution is 2.29. The average molecular weight is 430 g/mol. The van der Waals surface area contributed by atoms with E-state index in [4.69, 9.17) is 0 Å². The lowest BCUT2D eigenvalue weighted by Crippen LogP contribution is -2.52. The molecule has 2 aromatic rings. The molecule has 0 saturated carbocycles. The van der Waals surface area contributed by atoms with Gasteiger partial charge in [-0.05, 0) is 48.2 Å².